The van der Waals surface area contributed by atoms with E-state index in [9.17, 15) is 47.5 Å². The number of methoxy groups -OCH3 is 1. The highest BCUT2D eigenvalue weighted by atomic mass is 19.1. The summed E-state index contributed by atoms with van der Waals surface area (Å²) in [6.07, 6.45) is 7.32. The number of benzene rings is 2. The van der Waals surface area contributed by atoms with Gasteiger partial charge in [-0.1, -0.05) is 35.5 Å². The zero-order valence-corrected chi connectivity index (χ0v) is 50.2. The average molecular weight is 1280 g/mol. The highest BCUT2D eigenvalue weighted by Gasteiger charge is 2.31. The van der Waals surface area contributed by atoms with Crippen LogP contribution in [0.25, 0.3) is 22.3 Å². The molecular weight excluding hydrogens is 1200 g/mol. The fourth-order valence-corrected chi connectivity index (χ4v) is 9.03. The molecule has 4 N–H and O–H groups in total. The van der Waals surface area contributed by atoms with Crippen molar-refractivity contribution in [1.82, 2.24) is 55.3 Å². The molecule has 4 aromatic heterocycles. The number of nitriles is 1. The zero-order valence-electron chi connectivity index (χ0n) is 50.2. The number of fused-ring (bicyclic) bond motifs is 1. The first-order chi connectivity index (χ1) is 44.4. The Labute approximate surface area is 521 Å². The Morgan fingerprint density at radius 2 is 1.41 bits per heavy atom. The summed E-state index contributed by atoms with van der Waals surface area (Å²) in [5.41, 5.74) is 3.31. The number of amides is 3. The number of piperidine rings is 1. The van der Waals surface area contributed by atoms with Crippen molar-refractivity contribution in [1.29, 1.82) is 5.26 Å². The SMILES string of the molecule is COc1cnc(-n2cnc(C(=O)N[C@H](CO)CCCNC(=O)CCOCCOCCOCCOCc3cn(CCOCCOCCOCCOCCC(=O)Oc4c(F)cc(F)cc4F)nn3)n2)c2[nH]cc(C(=O)C(=O)N3CCC(=C(C#N)c4ccccc4)CC3)c12. The van der Waals surface area contributed by atoms with Crippen molar-refractivity contribution >= 4 is 46.0 Å². The average Bonchev–Trinajstić information content (AvgIpc) is 1.65. The number of halogens is 3. The molecule has 1 saturated heterocycles. The molecule has 0 unspecified atom stereocenters. The summed E-state index contributed by atoms with van der Waals surface area (Å²) < 4.78 is 97.1. The number of likely N-dealkylation sites (tertiary alicyclic amines) is 1. The Bertz CT molecular complexity index is 3350. The van der Waals surface area contributed by atoms with Gasteiger partial charge >= 0.3 is 5.97 Å². The molecule has 91 heavy (non-hydrogen) atoms. The summed E-state index contributed by atoms with van der Waals surface area (Å²) in [6, 6.07) is 11.8. The summed E-state index contributed by atoms with van der Waals surface area (Å²) in [6.45, 7) is 5.41. The summed E-state index contributed by atoms with van der Waals surface area (Å²) in [5, 5.41) is 38.2. The van der Waals surface area contributed by atoms with Crippen molar-refractivity contribution in [3.05, 3.63) is 113 Å². The first kappa shape index (κ1) is 69.9. The molecule has 490 valence electrons. The molecule has 0 spiro atoms. The molecule has 1 aliphatic rings. The number of esters is 1. The van der Waals surface area contributed by atoms with Crippen LogP contribution in [0.4, 0.5) is 13.2 Å². The van der Waals surface area contributed by atoms with Crippen molar-refractivity contribution < 1.29 is 89.6 Å². The van der Waals surface area contributed by atoms with Crippen LogP contribution in [0.5, 0.6) is 11.5 Å². The predicted molar refractivity (Wildman–Crippen MR) is 314 cm³/mol. The van der Waals surface area contributed by atoms with Gasteiger partial charge in [-0.25, -0.2) is 27.8 Å². The lowest BCUT2D eigenvalue weighted by Crippen LogP contribution is -2.40. The number of aliphatic hydroxyl groups is 1. The van der Waals surface area contributed by atoms with E-state index in [1.54, 1.807) is 10.9 Å². The van der Waals surface area contributed by atoms with Crippen LogP contribution in [0.1, 0.15) is 70.8 Å². The first-order valence-corrected chi connectivity index (χ1v) is 29.4. The molecule has 0 aliphatic carbocycles. The van der Waals surface area contributed by atoms with Crippen molar-refractivity contribution in [2.75, 3.05) is 132 Å². The van der Waals surface area contributed by atoms with Gasteiger partial charge in [0.2, 0.25) is 17.5 Å². The highest BCUT2D eigenvalue weighted by Crippen LogP contribution is 2.33. The smallest absolute Gasteiger partial charge is 0.313 e. The Hall–Kier alpha value is -8.58. The van der Waals surface area contributed by atoms with Gasteiger partial charge in [0.25, 0.3) is 17.6 Å². The number of nitrogens with one attached hydrogen (secondary N) is 3. The van der Waals surface area contributed by atoms with Gasteiger partial charge in [-0.2, -0.15) is 9.94 Å². The van der Waals surface area contributed by atoms with E-state index in [4.69, 9.17) is 42.6 Å². The van der Waals surface area contributed by atoms with Gasteiger partial charge in [-0.05, 0) is 36.8 Å². The van der Waals surface area contributed by atoms with E-state index in [-0.39, 0.29) is 106 Å². The molecule has 0 bridgehead atoms. The zero-order chi connectivity index (χ0) is 64.6. The van der Waals surface area contributed by atoms with E-state index in [1.165, 1.54) is 35.4 Å². The lowest BCUT2D eigenvalue weighted by molar-refractivity contribution is -0.136. The van der Waals surface area contributed by atoms with Crippen LogP contribution < -0.4 is 20.1 Å². The maximum atomic E-state index is 13.8. The van der Waals surface area contributed by atoms with Crippen LogP contribution in [0.2, 0.25) is 0 Å². The van der Waals surface area contributed by atoms with E-state index in [2.05, 4.69) is 51.8 Å². The van der Waals surface area contributed by atoms with Crippen molar-refractivity contribution in [3.63, 3.8) is 0 Å². The Morgan fingerprint density at radius 3 is 2.03 bits per heavy atom. The van der Waals surface area contributed by atoms with Gasteiger partial charge in [-0.15, -0.1) is 10.2 Å². The number of aromatic amines is 1. The lowest BCUT2D eigenvalue weighted by atomic mass is 9.93. The minimum atomic E-state index is -1.32. The third-order valence-corrected chi connectivity index (χ3v) is 13.6. The molecular formula is C60H73F3N12O16. The number of ether oxygens (including phenoxy) is 10. The molecule has 31 heteroatoms. The van der Waals surface area contributed by atoms with E-state index in [0.717, 1.165) is 11.1 Å². The van der Waals surface area contributed by atoms with Crippen molar-refractivity contribution in [2.24, 2.45) is 0 Å². The number of aliphatic hydroxyl groups excluding tert-OH is 1. The third kappa shape index (κ3) is 22.4. The fourth-order valence-electron chi connectivity index (χ4n) is 9.03. The Balaban J connectivity index is 0.648. The maximum Gasteiger partial charge on any atom is 0.313 e. The van der Waals surface area contributed by atoms with Crippen molar-refractivity contribution in [3.8, 4) is 23.4 Å². The number of nitrogens with zero attached hydrogens (tertiary/aromatic N) is 9. The normalized spacial score (nSPS) is 12.7. The molecule has 7 rings (SSSR count). The molecule has 28 nitrogen and oxygen atoms in total. The molecule has 3 amide bonds. The number of carbonyl (C=O) groups excluding carboxylic acids is 5. The van der Waals surface area contributed by atoms with Gasteiger partial charge in [0.15, 0.2) is 17.5 Å². The third-order valence-electron chi connectivity index (χ3n) is 13.6. The standard InChI is InChI=1S/C60H73F3N12O16/c1-82-50-36-67-58(54-53(50)47(35-66-54)55(79)60(81)73-14-9-42(10-15-73)46(34-64)41-6-3-2-4-7-41)75-40-68-57(71-75)59(80)69-44(38-76)8-5-13-65-51(77)11-17-83-20-23-86-28-29-89-30-31-90-39-45-37-74(72-70-45)16-19-85-22-25-88-27-26-87-24-21-84-18-12-52(78)91-56-48(62)32-43(61)33-49(56)63/h2-4,6-7,32-33,35-37,40,44,66,76H,5,8-31,38-39H2,1H3,(H,65,77)(H,69,80)/t44-/m0/s1. The van der Waals surface area contributed by atoms with Crippen LogP contribution in [-0.2, 0) is 65.4 Å². The summed E-state index contributed by atoms with van der Waals surface area (Å²) in [5.74, 6) is -7.85. The van der Waals surface area contributed by atoms with Crippen LogP contribution in [0, 0.1) is 28.8 Å². The maximum absolute atomic E-state index is 13.8. The topological polar surface area (TPSA) is 339 Å². The number of Topliss-reactive ketones (excluding diaryl/α,β-unsaturated/α-hetero) is 1. The summed E-state index contributed by atoms with van der Waals surface area (Å²) in [4.78, 5) is 77.8. The molecule has 0 radical (unpaired) electrons. The van der Waals surface area contributed by atoms with Gasteiger partial charge in [-0.3, -0.25) is 24.0 Å². The number of pyridine rings is 1. The number of allylic oxidation sites excluding steroid dienone is 1. The number of rotatable bonds is 42. The molecule has 1 atom stereocenters. The van der Waals surface area contributed by atoms with Gasteiger partial charge in [0.1, 0.15) is 23.6 Å². The van der Waals surface area contributed by atoms with Crippen LogP contribution in [0.3, 0.4) is 0 Å². The minimum Gasteiger partial charge on any atom is -0.494 e. The number of H-pyrrole nitrogens is 1. The molecule has 1 aliphatic heterocycles. The fraction of sp³-hybridized carbons (Fsp3) is 0.483. The number of carbonyl (C=O) groups is 5. The second-order valence-electron chi connectivity index (χ2n) is 20.0. The highest BCUT2D eigenvalue weighted by molar-refractivity contribution is 6.45. The van der Waals surface area contributed by atoms with E-state index >= 15 is 0 Å². The van der Waals surface area contributed by atoms with Crippen molar-refractivity contribution in [2.45, 2.75) is 57.7 Å². The molecule has 1 fully saturated rings. The summed E-state index contributed by atoms with van der Waals surface area (Å²) >= 11 is 0. The van der Waals surface area contributed by atoms with Crippen LogP contribution >= 0.6 is 0 Å². The number of hydrogen-bond acceptors (Lipinski definition) is 22. The van der Waals surface area contributed by atoms with Gasteiger partial charge in [0, 0.05) is 44.4 Å². The van der Waals surface area contributed by atoms with Crippen LogP contribution in [0.15, 0.2) is 73.0 Å². The number of hydrogen-bond donors (Lipinski definition) is 4. The predicted octanol–water partition coefficient (Wildman–Crippen LogP) is 3.65. The molecule has 0 saturated carbocycles. The number of aromatic nitrogens is 8. The molecule has 2 aromatic carbocycles. The molecule has 5 heterocycles. The second-order valence-corrected chi connectivity index (χ2v) is 20.0. The van der Waals surface area contributed by atoms with E-state index in [0.29, 0.717) is 134 Å². The Kier molecular flexibility index (Phi) is 29.3. The Morgan fingerprint density at radius 1 is 0.791 bits per heavy atom. The van der Waals surface area contributed by atoms with E-state index in [1.807, 2.05) is 30.3 Å². The van der Waals surface area contributed by atoms with Gasteiger partial charge < -0.3 is 73.0 Å². The monoisotopic (exact) mass is 1270 g/mol. The summed E-state index contributed by atoms with van der Waals surface area (Å²) in [7, 11) is 1.41. The molecule has 6 aromatic rings. The second kappa shape index (κ2) is 38.2. The minimum absolute atomic E-state index is 0.0560. The quantitative estimate of drug-likeness (QED) is 0.0106. The largest absolute Gasteiger partial charge is 0.494 e. The van der Waals surface area contributed by atoms with Crippen LogP contribution in [-0.4, -0.2) is 218 Å². The number of ketones is 1. The van der Waals surface area contributed by atoms with E-state index < -0.39 is 52.8 Å². The first-order valence-electron chi connectivity index (χ1n) is 29.4. The van der Waals surface area contributed by atoms with Gasteiger partial charge in [0.05, 0.1) is 179 Å². The lowest BCUT2D eigenvalue weighted by Gasteiger charge is -2.28.